The third kappa shape index (κ3) is 39.2. The van der Waals surface area contributed by atoms with Crippen molar-refractivity contribution in [2.45, 2.75) is 147 Å². The number of unbranched alkanes of at least 4 members (excludes halogenated alkanes) is 9. The predicted molar refractivity (Wildman–Crippen MR) is 227 cm³/mol. The van der Waals surface area contributed by atoms with Gasteiger partial charge in [0.25, 0.3) is 0 Å². The number of aliphatic hydroxyl groups excluding tert-OH is 1. The van der Waals surface area contributed by atoms with Gasteiger partial charge in [0, 0.05) is 19.4 Å². The van der Waals surface area contributed by atoms with Gasteiger partial charge >= 0.3 is 25.7 Å². The number of allylic oxidation sites excluding steroid dienone is 14. The molecule has 0 amide bonds. The van der Waals surface area contributed by atoms with E-state index < -0.39 is 57.7 Å². The van der Waals surface area contributed by atoms with Crippen LogP contribution in [-0.2, 0) is 37.5 Å². The fraction of sp³-hybridized carbons (Fsp3) is 0.614. The monoisotopic (exact) mass is 821 g/mol. The Bertz CT molecular complexity index is 1290. The quantitative estimate of drug-likeness (QED) is 0.0200. The Hall–Kier alpha value is -3.38. The van der Waals surface area contributed by atoms with Gasteiger partial charge in [-0.25, -0.2) is 4.57 Å². The molecule has 0 aliphatic rings. The highest BCUT2D eigenvalue weighted by Gasteiger charge is 2.28. The van der Waals surface area contributed by atoms with Gasteiger partial charge in [0.1, 0.15) is 12.6 Å². The van der Waals surface area contributed by atoms with Crippen LogP contribution in [0.15, 0.2) is 85.1 Å². The Kier molecular flexibility index (Phi) is 37.1. The van der Waals surface area contributed by atoms with E-state index in [1.165, 1.54) is 19.3 Å². The number of phosphoric acid groups is 1. The smallest absolute Gasteiger partial charge is 0.472 e. The van der Waals surface area contributed by atoms with Crippen molar-refractivity contribution in [3.05, 3.63) is 85.1 Å². The number of carboxylic acid groups (broad SMARTS) is 1. The molecule has 0 fully saturated rings. The highest BCUT2D eigenvalue weighted by Crippen LogP contribution is 2.43. The van der Waals surface area contributed by atoms with Gasteiger partial charge in [-0.15, -0.1) is 0 Å². The average Bonchev–Trinajstić information content (AvgIpc) is 3.19. The van der Waals surface area contributed by atoms with Gasteiger partial charge < -0.3 is 30.3 Å². The van der Waals surface area contributed by atoms with Crippen molar-refractivity contribution in [2.24, 2.45) is 5.73 Å². The summed E-state index contributed by atoms with van der Waals surface area (Å²) in [5, 5.41) is 17.7. The van der Waals surface area contributed by atoms with Crippen molar-refractivity contribution < 1.29 is 52.6 Å². The van der Waals surface area contributed by atoms with Crippen molar-refractivity contribution in [3.8, 4) is 0 Å². The Morgan fingerprint density at radius 3 is 1.51 bits per heavy atom. The maximum Gasteiger partial charge on any atom is 0.472 e. The number of aliphatic carboxylic acids is 1. The van der Waals surface area contributed by atoms with Crippen molar-refractivity contribution in [1.29, 1.82) is 0 Å². The molecule has 5 N–H and O–H groups in total. The number of rotatable bonds is 38. The van der Waals surface area contributed by atoms with Crippen LogP contribution in [0.3, 0.4) is 0 Å². The maximum absolute atomic E-state index is 12.6. The van der Waals surface area contributed by atoms with E-state index in [0.29, 0.717) is 19.3 Å². The van der Waals surface area contributed by atoms with Crippen LogP contribution in [0.2, 0.25) is 0 Å². The normalized spacial score (nSPS) is 14.6. The van der Waals surface area contributed by atoms with Crippen LogP contribution in [-0.4, -0.2) is 71.6 Å². The summed E-state index contributed by atoms with van der Waals surface area (Å²) in [6.07, 6.45) is 45.3. The van der Waals surface area contributed by atoms with E-state index >= 15 is 0 Å². The standard InChI is InChI=1S/C44H72NO11P/c1-2-3-4-5-6-7-8-9-13-16-19-22-25-28-31-34-42(47)53-37-40(38-54-57(51,52)55-39-41(45)44(49)50)56-43(48)35-32-29-26-23-20-17-14-11-10-12-15-18-21-24-27-30-33-36-46/h6-7,9-10,12-14,17-19,21-23,26,40-41,46H,2-5,8,11,15-16,20,24-25,27-39,45H2,1H3,(H,49,50)(H,51,52)/b7-6-,12-10-,13-9-,17-14-,21-18-,22-19-,26-23-/t40-,41+/m1/s1. The average molecular weight is 822 g/mol. The van der Waals surface area contributed by atoms with Crippen LogP contribution in [0.4, 0.5) is 0 Å². The third-order valence-electron chi connectivity index (χ3n) is 8.17. The van der Waals surface area contributed by atoms with Crippen molar-refractivity contribution in [2.75, 3.05) is 26.4 Å². The molecule has 0 saturated heterocycles. The molecule has 12 nitrogen and oxygen atoms in total. The number of carbonyl (C=O) groups is 3. The number of ether oxygens (including phenoxy) is 2. The predicted octanol–water partition coefficient (Wildman–Crippen LogP) is 9.69. The summed E-state index contributed by atoms with van der Waals surface area (Å²) >= 11 is 0. The van der Waals surface area contributed by atoms with E-state index in [-0.39, 0.29) is 19.4 Å². The van der Waals surface area contributed by atoms with E-state index in [1.54, 1.807) is 0 Å². The summed E-state index contributed by atoms with van der Waals surface area (Å²) in [4.78, 5) is 45.8. The number of esters is 2. The Morgan fingerprint density at radius 1 is 0.579 bits per heavy atom. The lowest BCUT2D eigenvalue weighted by atomic mass is 10.1. The van der Waals surface area contributed by atoms with Crippen LogP contribution >= 0.6 is 7.82 Å². The fourth-order valence-electron chi connectivity index (χ4n) is 4.86. The molecule has 0 spiro atoms. The summed E-state index contributed by atoms with van der Waals surface area (Å²) in [7, 11) is -4.75. The van der Waals surface area contributed by atoms with E-state index in [1.807, 2.05) is 12.2 Å². The number of carbonyl (C=O) groups excluding carboxylic acids is 2. The zero-order valence-corrected chi connectivity index (χ0v) is 35.2. The molecule has 0 aromatic carbocycles. The highest BCUT2D eigenvalue weighted by atomic mass is 31.2. The molecular formula is C44H72NO11P. The Balaban J connectivity index is 4.57. The van der Waals surface area contributed by atoms with Gasteiger partial charge in [-0.05, 0) is 96.3 Å². The third-order valence-corrected chi connectivity index (χ3v) is 9.12. The molecule has 324 valence electrons. The van der Waals surface area contributed by atoms with Gasteiger partial charge in [-0.3, -0.25) is 23.4 Å². The van der Waals surface area contributed by atoms with E-state index in [4.69, 9.17) is 29.9 Å². The zero-order chi connectivity index (χ0) is 42.1. The van der Waals surface area contributed by atoms with Gasteiger partial charge in [-0.1, -0.05) is 111 Å². The topological polar surface area (TPSA) is 192 Å². The van der Waals surface area contributed by atoms with Crippen LogP contribution in [0.5, 0.6) is 0 Å². The summed E-state index contributed by atoms with van der Waals surface area (Å²) in [6, 6.07) is -1.54. The molecule has 0 radical (unpaired) electrons. The fourth-order valence-corrected chi connectivity index (χ4v) is 5.64. The minimum atomic E-state index is -4.75. The first-order valence-corrected chi connectivity index (χ1v) is 22.2. The number of hydrogen-bond donors (Lipinski definition) is 4. The summed E-state index contributed by atoms with van der Waals surface area (Å²) < 4.78 is 32.5. The molecule has 1 unspecified atom stereocenters. The molecule has 0 aromatic heterocycles. The van der Waals surface area contributed by atoms with Gasteiger partial charge in [0.15, 0.2) is 6.10 Å². The Morgan fingerprint density at radius 2 is 1.02 bits per heavy atom. The molecule has 13 heteroatoms. The molecular weight excluding hydrogens is 749 g/mol. The molecule has 0 bridgehead atoms. The molecule has 0 heterocycles. The largest absolute Gasteiger partial charge is 0.480 e. The number of phosphoric ester groups is 1. The number of aliphatic hydroxyl groups is 1. The lowest BCUT2D eigenvalue weighted by Crippen LogP contribution is -2.34. The molecule has 0 aliphatic heterocycles. The van der Waals surface area contributed by atoms with Crippen LogP contribution in [0.25, 0.3) is 0 Å². The number of hydrogen-bond acceptors (Lipinski definition) is 10. The lowest BCUT2D eigenvalue weighted by molar-refractivity contribution is -0.161. The number of carboxylic acids is 1. The lowest BCUT2D eigenvalue weighted by Gasteiger charge is -2.20. The zero-order valence-electron chi connectivity index (χ0n) is 34.3. The van der Waals surface area contributed by atoms with Gasteiger partial charge in [-0.2, -0.15) is 0 Å². The summed E-state index contributed by atoms with van der Waals surface area (Å²) in [6.45, 7) is 0.655. The van der Waals surface area contributed by atoms with Crippen molar-refractivity contribution >= 4 is 25.7 Å². The second-order valence-corrected chi connectivity index (χ2v) is 14.9. The summed E-state index contributed by atoms with van der Waals surface area (Å²) in [5.41, 5.74) is 5.32. The molecule has 0 saturated carbocycles. The minimum Gasteiger partial charge on any atom is -0.480 e. The van der Waals surface area contributed by atoms with Crippen molar-refractivity contribution in [3.63, 3.8) is 0 Å². The summed E-state index contributed by atoms with van der Waals surface area (Å²) in [5.74, 6) is -2.53. The molecule has 57 heavy (non-hydrogen) atoms. The Labute approximate surface area is 342 Å². The molecule has 0 aliphatic carbocycles. The van der Waals surface area contributed by atoms with E-state index in [2.05, 4.69) is 84.4 Å². The van der Waals surface area contributed by atoms with Crippen LogP contribution in [0.1, 0.15) is 135 Å². The SMILES string of the molecule is CCCCC/C=C\C/C=C\C/C=C\CCCCC(=O)OC[C@H](COP(=O)(O)OC[C@H](N)C(=O)O)OC(=O)CCC/C=C\C/C=C\C/C=C\C/C=C\CCCCCO. The molecule has 3 atom stereocenters. The first-order chi connectivity index (χ1) is 27.6. The van der Waals surface area contributed by atoms with Crippen LogP contribution < -0.4 is 5.73 Å². The van der Waals surface area contributed by atoms with Gasteiger partial charge in [0.2, 0.25) is 0 Å². The van der Waals surface area contributed by atoms with E-state index in [0.717, 1.165) is 77.0 Å². The van der Waals surface area contributed by atoms with E-state index in [9.17, 15) is 23.8 Å². The highest BCUT2D eigenvalue weighted by molar-refractivity contribution is 7.47. The molecule has 0 rings (SSSR count). The number of nitrogens with two attached hydrogens (primary N) is 1. The second kappa shape index (κ2) is 39.4. The maximum atomic E-state index is 12.6. The van der Waals surface area contributed by atoms with Gasteiger partial charge in [0.05, 0.1) is 13.2 Å². The molecule has 0 aromatic rings. The first kappa shape index (κ1) is 53.6. The van der Waals surface area contributed by atoms with Crippen molar-refractivity contribution in [1.82, 2.24) is 0 Å². The minimum absolute atomic E-state index is 0.0623. The second-order valence-electron chi connectivity index (χ2n) is 13.5. The first-order valence-electron chi connectivity index (χ1n) is 20.7. The van der Waals surface area contributed by atoms with Crippen LogP contribution in [0, 0.1) is 0 Å².